The molecule has 0 radical (unpaired) electrons. The van der Waals surface area contributed by atoms with Crippen molar-refractivity contribution in [1.29, 1.82) is 0 Å². The second-order valence-electron chi connectivity index (χ2n) is 5.13. The van der Waals surface area contributed by atoms with Crippen LogP contribution in [-0.2, 0) is 16.0 Å². The van der Waals surface area contributed by atoms with Gasteiger partial charge in [-0.05, 0) is 13.3 Å². The molecule has 1 aliphatic rings. The Labute approximate surface area is 119 Å². The van der Waals surface area contributed by atoms with Gasteiger partial charge in [-0.1, -0.05) is 13.3 Å². The molecule has 20 heavy (non-hydrogen) atoms. The first-order chi connectivity index (χ1) is 9.60. The molecule has 2 rings (SSSR count). The first-order valence-corrected chi connectivity index (χ1v) is 7.02. The molecule has 2 heterocycles. The predicted molar refractivity (Wildman–Crippen MR) is 76.6 cm³/mol. The summed E-state index contributed by atoms with van der Waals surface area (Å²) in [6.45, 7) is 5.43. The summed E-state index contributed by atoms with van der Waals surface area (Å²) >= 11 is 0. The molecule has 1 N–H and O–H groups in total. The molecule has 6 nitrogen and oxygen atoms in total. The number of amides is 1. The Kier molecular flexibility index (Phi) is 4.89. The van der Waals surface area contributed by atoms with Gasteiger partial charge in [-0.3, -0.25) is 4.79 Å². The van der Waals surface area contributed by atoms with E-state index in [0.29, 0.717) is 13.1 Å². The number of nitrogens with zero attached hydrogens (tertiary/aromatic N) is 3. The summed E-state index contributed by atoms with van der Waals surface area (Å²) < 4.78 is 5.52. The molecule has 0 aromatic carbocycles. The smallest absolute Gasteiger partial charge is 0.248 e. The highest BCUT2D eigenvalue weighted by molar-refractivity contribution is 5.77. The zero-order valence-electron chi connectivity index (χ0n) is 12.3. The van der Waals surface area contributed by atoms with Gasteiger partial charge in [0.2, 0.25) is 5.91 Å². The fraction of sp³-hybridized carbons (Fsp3) is 0.643. The van der Waals surface area contributed by atoms with Gasteiger partial charge in [0.15, 0.2) is 0 Å². The fourth-order valence-electron chi connectivity index (χ4n) is 2.19. The van der Waals surface area contributed by atoms with Crippen molar-refractivity contribution in [1.82, 2.24) is 14.9 Å². The van der Waals surface area contributed by atoms with Gasteiger partial charge in [-0.25, -0.2) is 9.97 Å². The van der Waals surface area contributed by atoms with Gasteiger partial charge in [-0.2, -0.15) is 0 Å². The second-order valence-corrected chi connectivity index (χ2v) is 5.13. The van der Waals surface area contributed by atoms with Gasteiger partial charge >= 0.3 is 0 Å². The molecule has 0 spiro atoms. The van der Waals surface area contributed by atoms with E-state index in [2.05, 4.69) is 22.2 Å². The Bertz CT molecular complexity index is 478. The summed E-state index contributed by atoms with van der Waals surface area (Å²) in [4.78, 5) is 21.8. The predicted octanol–water partition coefficient (Wildman–Crippen LogP) is 1.01. The van der Waals surface area contributed by atoms with E-state index in [9.17, 15) is 4.79 Å². The van der Waals surface area contributed by atoms with Crippen LogP contribution < -0.4 is 5.32 Å². The number of carbonyl (C=O) groups is 1. The summed E-state index contributed by atoms with van der Waals surface area (Å²) in [6.07, 6.45) is 3.89. The Hall–Kier alpha value is -1.69. The van der Waals surface area contributed by atoms with E-state index in [0.717, 1.165) is 30.0 Å². The van der Waals surface area contributed by atoms with Crippen molar-refractivity contribution in [3.8, 4) is 0 Å². The molecule has 1 atom stereocenters. The normalized spacial score (nSPS) is 19.2. The highest BCUT2D eigenvalue weighted by Crippen LogP contribution is 2.14. The van der Waals surface area contributed by atoms with E-state index in [1.807, 2.05) is 13.1 Å². The number of hydrogen-bond donors (Lipinski definition) is 1. The van der Waals surface area contributed by atoms with Crippen LogP contribution >= 0.6 is 0 Å². The highest BCUT2D eigenvalue weighted by atomic mass is 16.5. The molecule has 1 unspecified atom stereocenters. The van der Waals surface area contributed by atoms with Crippen LogP contribution in [0.3, 0.4) is 0 Å². The molecule has 0 bridgehead atoms. The molecule has 0 aliphatic carbocycles. The van der Waals surface area contributed by atoms with Crippen LogP contribution in [0.25, 0.3) is 0 Å². The van der Waals surface area contributed by atoms with E-state index in [1.54, 1.807) is 11.9 Å². The molecule has 1 saturated heterocycles. The van der Waals surface area contributed by atoms with Gasteiger partial charge in [0.05, 0.1) is 6.10 Å². The summed E-state index contributed by atoms with van der Waals surface area (Å²) in [6, 6.07) is 0. The Morgan fingerprint density at radius 3 is 3.05 bits per heavy atom. The number of likely N-dealkylation sites (N-methyl/N-ethyl adjacent to an activating group) is 1. The number of aryl methyl sites for hydroxylation is 2. The zero-order valence-corrected chi connectivity index (χ0v) is 12.3. The largest absolute Gasteiger partial charge is 0.367 e. The fourth-order valence-corrected chi connectivity index (χ4v) is 2.19. The van der Waals surface area contributed by atoms with E-state index in [-0.39, 0.29) is 18.6 Å². The molecular weight excluding hydrogens is 256 g/mol. The van der Waals surface area contributed by atoms with Crippen molar-refractivity contribution in [2.45, 2.75) is 32.8 Å². The van der Waals surface area contributed by atoms with Crippen molar-refractivity contribution >= 4 is 11.7 Å². The number of carbonyl (C=O) groups excluding carboxylic acids is 1. The highest BCUT2D eigenvalue weighted by Gasteiger charge is 2.23. The van der Waals surface area contributed by atoms with Gasteiger partial charge in [-0.15, -0.1) is 0 Å². The van der Waals surface area contributed by atoms with Gasteiger partial charge in [0.25, 0.3) is 0 Å². The molecule has 1 aliphatic heterocycles. The van der Waals surface area contributed by atoms with Crippen LogP contribution in [0.4, 0.5) is 5.82 Å². The number of rotatable bonds is 5. The lowest BCUT2D eigenvalue weighted by molar-refractivity contribution is -0.145. The van der Waals surface area contributed by atoms with Crippen LogP contribution in [0.1, 0.15) is 24.7 Å². The zero-order chi connectivity index (χ0) is 14.5. The molecule has 110 valence electrons. The number of anilines is 1. The molecule has 1 amide bonds. The Balaban J connectivity index is 1.96. The quantitative estimate of drug-likeness (QED) is 0.870. The molecule has 6 heteroatoms. The lowest BCUT2D eigenvalue weighted by Crippen LogP contribution is -2.46. The maximum Gasteiger partial charge on any atom is 0.248 e. The van der Waals surface area contributed by atoms with Crippen molar-refractivity contribution in [2.75, 3.05) is 32.1 Å². The average Bonchev–Trinajstić information content (AvgIpc) is 2.43. The standard InChI is InChI=1S/C14H22N4O2/c1-4-5-11-6-15-10(2)17-14(11)16-7-12-8-18(3)13(19)9-20-12/h6,12H,4-5,7-9H2,1-3H3,(H,15,16,17). The third-order valence-electron chi connectivity index (χ3n) is 3.35. The van der Waals surface area contributed by atoms with Crippen molar-refractivity contribution in [2.24, 2.45) is 0 Å². The molecule has 1 aromatic heterocycles. The Morgan fingerprint density at radius 2 is 2.35 bits per heavy atom. The van der Waals surface area contributed by atoms with E-state index in [1.165, 1.54) is 0 Å². The van der Waals surface area contributed by atoms with Crippen molar-refractivity contribution < 1.29 is 9.53 Å². The molecule has 1 aromatic rings. The summed E-state index contributed by atoms with van der Waals surface area (Å²) in [5.41, 5.74) is 1.12. The SMILES string of the molecule is CCCc1cnc(C)nc1NCC1CN(C)C(=O)CO1. The Morgan fingerprint density at radius 1 is 1.55 bits per heavy atom. The summed E-state index contributed by atoms with van der Waals surface area (Å²) in [5, 5.41) is 3.33. The number of hydrogen-bond acceptors (Lipinski definition) is 5. The minimum absolute atomic E-state index is 0.00227. The molecule has 0 saturated carbocycles. The van der Waals surface area contributed by atoms with Crippen LogP contribution in [0, 0.1) is 6.92 Å². The maximum atomic E-state index is 11.4. The second kappa shape index (κ2) is 6.65. The third-order valence-corrected chi connectivity index (χ3v) is 3.35. The first-order valence-electron chi connectivity index (χ1n) is 7.02. The summed E-state index contributed by atoms with van der Waals surface area (Å²) in [5.74, 6) is 1.66. The van der Waals surface area contributed by atoms with Crippen LogP contribution in [0.15, 0.2) is 6.20 Å². The number of ether oxygens (including phenoxy) is 1. The molecular formula is C14H22N4O2. The third kappa shape index (κ3) is 3.66. The van der Waals surface area contributed by atoms with E-state index in [4.69, 9.17) is 4.74 Å². The van der Waals surface area contributed by atoms with Gasteiger partial charge in [0.1, 0.15) is 18.2 Å². The minimum Gasteiger partial charge on any atom is -0.367 e. The van der Waals surface area contributed by atoms with Crippen molar-refractivity contribution in [3.05, 3.63) is 17.6 Å². The van der Waals surface area contributed by atoms with Crippen LogP contribution in [0.5, 0.6) is 0 Å². The lowest BCUT2D eigenvalue weighted by Gasteiger charge is -2.30. The number of nitrogens with one attached hydrogen (secondary N) is 1. The van der Waals surface area contributed by atoms with E-state index >= 15 is 0 Å². The maximum absolute atomic E-state index is 11.4. The van der Waals surface area contributed by atoms with Crippen LogP contribution in [0.2, 0.25) is 0 Å². The van der Waals surface area contributed by atoms with Crippen molar-refractivity contribution in [3.63, 3.8) is 0 Å². The number of aromatic nitrogens is 2. The van der Waals surface area contributed by atoms with E-state index < -0.39 is 0 Å². The molecule has 1 fully saturated rings. The lowest BCUT2D eigenvalue weighted by atomic mass is 10.2. The number of morpholine rings is 1. The average molecular weight is 278 g/mol. The first kappa shape index (κ1) is 14.7. The van der Waals surface area contributed by atoms with Gasteiger partial charge in [0, 0.05) is 31.9 Å². The topological polar surface area (TPSA) is 67.4 Å². The van der Waals surface area contributed by atoms with Crippen LogP contribution in [-0.4, -0.2) is 53.6 Å². The minimum atomic E-state index is 0.00227. The van der Waals surface area contributed by atoms with Gasteiger partial charge < -0.3 is 15.0 Å². The monoisotopic (exact) mass is 278 g/mol. The summed E-state index contributed by atoms with van der Waals surface area (Å²) in [7, 11) is 1.80.